The second-order valence-electron chi connectivity index (χ2n) is 4.75. The monoisotopic (exact) mass is 217 g/mol. The lowest BCUT2D eigenvalue weighted by Gasteiger charge is -2.15. The highest BCUT2D eigenvalue weighted by atomic mass is 32.2. The fourth-order valence-electron chi connectivity index (χ4n) is 1.06. The van der Waals surface area contributed by atoms with Gasteiger partial charge in [0.1, 0.15) is 0 Å². The van der Waals surface area contributed by atoms with Gasteiger partial charge in [0.2, 0.25) is 0 Å². The first-order valence-corrected chi connectivity index (χ1v) is 6.62. The number of hydrogen-bond donors (Lipinski definition) is 0. The molecular formula is C10H19NO2S. The van der Waals surface area contributed by atoms with E-state index in [4.69, 9.17) is 5.26 Å². The molecule has 0 aromatic rings. The summed E-state index contributed by atoms with van der Waals surface area (Å²) in [6.45, 7) is 7.29. The third-order valence-electron chi connectivity index (χ3n) is 1.93. The molecule has 0 rings (SSSR count). The Morgan fingerprint density at radius 3 is 2.21 bits per heavy atom. The Kier molecular flexibility index (Phi) is 4.60. The summed E-state index contributed by atoms with van der Waals surface area (Å²) in [6.07, 6.45) is 0.415. The average molecular weight is 217 g/mol. The van der Waals surface area contributed by atoms with Crippen LogP contribution in [0.25, 0.3) is 0 Å². The molecule has 0 N–H and O–H groups in total. The summed E-state index contributed by atoms with van der Waals surface area (Å²) >= 11 is 0. The first-order chi connectivity index (χ1) is 6.18. The maximum atomic E-state index is 11.5. The third-order valence-corrected chi connectivity index (χ3v) is 3.93. The van der Waals surface area contributed by atoms with Gasteiger partial charge < -0.3 is 0 Å². The van der Waals surface area contributed by atoms with Crippen LogP contribution in [0.1, 0.15) is 34.1 Å². The van der Waals surface area contributed by atoms with Gasteiger partial charge in [-0.15, -0.1) is 0 Å². The summed E-state index contributed by atoms with van der Waals surface area (Å²) in [7, 11) is -2.98. The van der Waals surface area contributed by atoms with Crippen molar-refractivity contribution in [1.82, 2.24) is 0 Å². The molecule has 0 heterocycles. The van der Waals surface area contributed by atoms with Gasteiger partial charge in [-0.2, -0.15) is 5.26 Å². The van der Waals surface area contributed by atoms with Crippen molar-refractivity contribution in [2.45, 2.75) is 34.1 Å². The summed E-state index contributed by atoms with van der Waals surface area (Å²) in [4.78, 5) is 0. The average Bonchev–Trinajstić information content (AvgIpc) is 1.99. The zero-order valence-corrected chi connectivity index (χ0v) is 10.2. The molecule has 4 heteroatoms. The van der Waals surface area contributed by atoms with Crippen LogP contribution in [0.15, 0.2) is 0 Å². The van der Waals surface area contributed by atoms with Gasteiger partial charge in [0.25, 0.3) is 0 Å². The fraction of sp³-hybridized carbons (Fsp3) is 0.900. The highest BCUT2D eigenvalue weighted by molar-refractivity contribution is 7.91. The molecule has 0 aliphatic heterocycles. The minimum absolute atomic E-state index is 0.117. The van der Waals surface area contributed by atoms with E-state index >= 15 is 0 Å². The lowest BCUT2D eigenvalue weighted by Crippen LogP contribution is -2.20. The highest BCUT2D eigenvalue weighted by Crippen LogP contribution is 2.20. The van der Waals surface area contributed by atoms with E-state index < -0.39 is 15.3 Å². The molecule has 0 saturated carbocycles. The van der Waals surface area contributed by atoms with Crippen molar-refractivity contribution in [2.24, 2.45) is 11.3 Å². The Morgan fingerprint density at radius 2 is 1.86 bits per heavy atom. The Labute approximate surface area is 87.0 Å². The summed E-state index contributed by atoms with van der Waals surface area (Å²) < 4.78 is 23.0. The van der Waals surface area contributed by atoms with Gasteiger partial charge in [-0.25, -0.2) is 8.42 Å². The van der Waals surface area contributed by atoms with E-state index in [1.165, 1.54) is 0 Å². The van der Waals surface area contributed by atoms with Crippen molar-refractivity contribution in [3.05, 3.63) is 0 Å². The molecule has 0 fully saturated rings. The van der Waals surface area contributed by atoms with Crippen molar-refractivity contribution in [3.8, 4) is 6.07 Å². The van der Waals surface area contributed by atoms with E-state index in [1.54, 1.807) is 13.8 Å². The molecule has 0 aromatic carbocycles. The van der Waals surface area contributed by atoms with Crippen LogP contribution in [0, 0.1) is 22.7 Å². The Balaban J connectivity index is 4.22. The number of nitrogens with zero attached hydrogens (tertiary/aromatic N) is 1. The van der Waals surface area contributed by atoms with Gasteiger partial charge in [0.05, 0.1) is 23.0 Å². The summed E-state index contributed by atoms with van der Waals surface area (Å²) in [5.74, 6) is 0.491. The van der Waals surface area contributed by atoms with Gasteiger partial charge in [0.15, 0.2) is 9.84 Å². The molecule has 3 nitrogen and oxygen atoms in total. The first-order valence-electron chi connectivity index (χ1n) is 4.80. The van der Waals surface area contributed by atoms with Crippen molar-refractivity contribution < 1.29 is 8.42 Å². The van der Waals surface area contributed by atoms with Crippen LogP contribution < -0.4 is 0 Å². The minimum Gasteiger partial charge on any atom is -0.229 e. The summed E-state index contributed by atoms with van der Waals surface area (Å²) in [5.41, 5.74) is -0.538. The van der Waals surface area contributed by atoms with E-state index in [-0.39, 0.29) is 17.4 Å². The van der Waals surface area contributed by atoms with E-state index in [2.05, 4.69) is 6.07 Å². The fourth-order valence-corrected chi connectivity index (χ4v) is 3.06. The van der Waals surface area contributed by atoms with Gasteiger partial charge in [0, 0.05) is 0 Å². The maximum Gasteiger partial charge on any atom is 0.150 e. The molecule has 0 spiro atoms. The SMILES string of the molecule is CC(C)CS(=O)(=O)CCC(C)(C)C#N. The second-order valence-corrected chi connectivity index (χ2v) is 6.98. The van der Waals surface area contributed by atoms with Crippen LogP contribution in [0.3, 0.4) is 0 Å². The van der Waals surface area contributed by atoms with Gasteiger partial charge >= 0.3 is 0 Å². The van der Waals surface area contributed by atoms with Crippen molar-refractivity contribution >= 4 is 9.84 Å². The van der Waals surface area contributed by atoms with Crippen LogP contribution >= 0.6 is 0 Å². The predicted molar refractivity (Wildman–Crippen MR) is 57.5 cm³/mol. The zero-order chi connectivity index (χ0) is 11.4. The maximum absolute atomic E-state index is 11.5. The van der Waals surface area contributed by atoms with Gasteiger partial charge in [-0.1, -0.05) is 13.8 Å². The van der Waals surface area contributed by atoms with Crippen LogP contribution in [0.2, 0.25) is 0 Å². The molecule has 0 radical (unpaired) electrons. The second kappa shape index (κ2) is 4.79. The number of sulfone groups is 1. The number of rotatable bonds is 5. The van der Waals surface area contributed by atoms with E-state index in [9.17, 15) is 8.42 Å². The number of nitriles is 1. The normalized spacial score (nSPS) is 12.9. The van der Waals surface area contributed by atoms with E-state index in [1.807, 2.05) is 13.8 Å². The van der Waals surface area contributed by atoms with Crippen LogP contribution in [-0.4, -0.2) is 19.9 Å². The van der Waals surface area contributed by atoms with Crippen LogP contribution in [-0.2, 0) is 9.84 Å². The largest absolute Gasteiger partial charge is 0.229 e. The lowest BCUT2D eigenvalue weighted by atomic mass is 9.93. The quantitative estimate of drug-likeness (QED) is 0.707. The Bertz CT molecular complexity index is 310. The highest BCUT2D eigenvalue weighted by Gasteiger charge is 2.21. The predicted octanol–water partition coefficient (Wildman–Crippen LogP) is 2.00. The number of hydrogen-bond acceptors (Lipinski definition) is 3. The summed E-state index contributed by atoms with van der Waals surface area (Å²) in [5, 5.41) is 8.73. The van der Waals surface area contributed by atoms with E-state index in [0.29, 0.717) is 6.42 Å². The molecule has 0 bridgehead atoms. The molecule has 82 valence electrons. The van der Waals surface area contributed by atoms with Crippen LogP contribution in [0.5, 0.6) is 0 Å². The van der Waals surface area contributed by atoms with Crippen molar-refractivity contribution in [2.75, 3.05) is 11.5 Å². The molecule has 14 heavy (non-hydrogen) atoms. The Hall–Kier alpha value is -0.560. The standard InChI is InChI=1S/C10H19NO2S/c1-9(2)7-14(12,13)6-5-10(3,4)8-11/h9H,5-7H2,1-4H3. The smallest absolute Gasteiger partial charge is 0.150 e. The van der Waals surface area contributed by atoms with Crippen LogP contribution in [0.4, 0.5) is 0 Å². The van der Waals surface area contributed by atoms with Gasteiger partial charge in [-0.3, -0.25) is 0 Å². The molecule has 0 aliphatic rings. The van der Waals surface area contributed by atoms with Crippen molar-refractivity contribution in [3.63, 3.8) is 0 Å². The lowest BCUT2D eigenvalue weighted by molar-refractivity contribution is 0.472. The summed E-state index contributed by atoms with van der Waals surface area (Å²) in [6, 6.07) is 2.10. The Morgan fingerprint density at radius 1 is 1.36 bits per heavy atom. The minimum atomic E-state index is -2.98. The molecular weight excluding hydrogens is 198 g/mol. The van der Waals surface area contributed by atoms with Crippen molar-refractivity contribution in [1.29, 1.82) is 5.26 Å². The third kappa shape index (κ3) is 5.98. The topological polar surface area (TPSA) is 57.9 Å². The first kappa shape index (κ1) is 13.4. The molecule has 0 aromatic heterocycles. The molecule has 0 atom stereocenters. The molecule has 0 amide bonds. The van der Waals surface area contributed by atoms with E-state index in [0.717, 1.165) is 0 Å². The molecule has 0 aliphatic carbocycles. The molecule has 0 saturated heterocycles. The molecule has 0 unspecified atom stereocenters. The van der Waals surface area contributed by atoms with Gasteiger partial charge in [-0.05, 0) is 26.2 Å². The zero-order valence-electron chi connectivity index (χ0n) is 9.37.